The number of hydrogen-bond donors (Lipinski definition) is 1. The van der Waals surface area contributed by atoms with Gasteiger partial charge in [0.2, 0.25) is 0 Å². The van der Waals surface area contributed by atoms with E-state index < -0.39 is 0 Å². The average molecular weight is 360 g/mol. The fourth-order valence-electron chi connectivity index (χ4n) is 2.01. The summed E-state index contributed by atoms with van der Waals surface area (Å²) in [4.78, 5) is 9.86. The molecule has 2 aromatic carbocycles. The molecule has 0 aliphatic rings. The van der Waals surface area contributed by atoms with E-state index in [4.69, 9.17) is 0 Å². The first-order valence-corrected chi connectivity index (χ1v) is 8.43. The molecule has 3 aromatic rings. The van der Waals surface area contributed by atoms with Crippen LogP contribution in [0.15, 0.2) is 64.2 Å². The zero-order valence-electron chi connectivity index (χ0n) is 11.3. The van der Waals surface area contributed by atoms with E-state index >= 15 is 0 Å². The zero-order chi connectivity index (χ0) is 14.5. The van der Waals surface area contributed by atoms with E-state index in [9.17, 15) is 0 Å². The van der Waals surface area contributed by atoms with Gasteiger partial charge >= 0.3 is 0 Å². The molecular formula is C16H14BrN3S. The monoisotopic (exact) mass is 359 g/mol. The molecule has 3 nitrogen and oxygen atoms in total. The van der Waals surface area contributed by atoms with Crippen molar-refractivity contribution in [2.24, 2.45) is 0 Å². The fourth-order valence-corrected chi connectivity index (χ4v) is 3.05. The molecule has 0 amide bonds. The largest absolute Gasteiger partial charge is 0.369 e. The summed E-state index contributed by atoms with van der Waals surface area (Å²) in [5.41, 5.74) is 0.968. The van der Waals surface area contributed by atoms with Crippen molar-refractivity contribution < 1.29 is 0 Å². The Bertz CT molecular complexity index is 726. The van der Waals surface area contributed by atoms with E-state index in [1.165, 1.54) is 4.90 Å². The van der Waals surface area contributed by atoms with Crippen LogP contribution in [0.5, 0.6) is 0 Å². The van der Waals surface area contributed by atoms with Crippen LogP contribution in [0.4, 0.5) is 5.82 Å². The Labute approximate surface area is 136 Å². The van der Waals surface area contributed by atoms with Crippen molar-refractivity contribution in [3.05, 3.63) is 59.3 Å². The van der Waals surface area contributed by atoms with Crippen LogP contribution in [-0.4, -0.2) is 22.3 Å². The van der Waals surface area contributed by atoms with Gasteiger partial charge in [0, 0.05) is 27.1 Å². The number of benzene rings is 2. The third-order valence-electron chi connectivity index (χ3n) is 3.02. The van der Waals surface area contributed by atoms with Gasteiger partial charge in [0.15, 0.2) is 0 Å². The van der Waals surface area contributed by atoms with E-state index in [-0.39, 0.29) is 0 Å². The molecule has 0 aliphatic carbocycles. The summed E-state index contributed by atoms with van der Waals surface area (Å²) >= 11 is 5.27. The normalized spacial score (nSPS) is 10.7. The van der Waals surface area contributed by atoms with E-state index in [1.807, 2.05) is 36.0 Å². The Kier molecular flexibility index (Phi) is 4.72. The molecule has 0 saturated carbocycles. The van der Waals surface area contributed by atoms with E-state index in [1.54, 1.807) is 6.33 Å². The van der Waals surface area contributed by atoms with Crippen LogP contribution < -0.4 is 5.32 Å². The highest BCUT2D eigenvalue weighted by molar-refractivity contribution is 9.10. The minimum Gasteiger partial charge on any atom is -0.369 e. The molecule has 3 rings (SSSR count). The van der Waals surface area contributed by atoms with E-state index in [0.717, 1.165) is 33.5 Å². The Morgan fingerprint density at radius 1 is 1.00 bits per heavy atom. The van der Waals surface area contributed by atoms with Gasteiger partial charge in [-0.1, -0.05) is 28.1 Å². The number of fused-ring (bicyclic) bond motifs is 1. The van der Waals surface area contributed by atoms with E-state index in [0.29, 0.717) is 0 Å². The molecule has 0 atom stereocenters. The molecule has 0 saturated heterocycles. The van der Waals surface area contributed by atoms with Crippen molar-refractivity contribution in [2.45, 2.75) is 4.90 Å². The highest BCUT2D eigenvalue weighted by Crippen LogP contribution is 2.21. The third-order valence-corrected chi connectivity index (χ3v) is 4.56. The summed E-state index contributed by atoms with van der Waals surface area (Å²) in [6, 6.07) is 16.4. The minimum atomic E-state index is 0.863. The Morgan fingerprint density at radius 2 is 1.81 bits per heavy atom. The molecule has 106 valence electrons. The van der Waals surface area contributed by atoms with Crippen LogP contribution in [0.25, 0.3) is 10.9 Å². The Hall–Kier alpha value is -1.59. The Balaban J connectivity index is 1.58. The molecule has 0 bridgehead atoms. The van der Waals surface area contributed by atoms with Crippen molar-refractivity contribution in [1.82, 2.24) is 9.97 Å². The first-order valence-electron chi connectivity index (χ1n) is 6.65. The number of halogens is 1. The molecule has 0 spiro atoms. The summed E-state index contributed by atoms with van der Waals surface area (Å²) in [5, 5.41) is 4.45. The number of para-hydroxylation sites is 1. The first-order chi connectivity index (χ1) is 10.3. The predicted molar refractivity (Wildman–Crippen MR) is 92.9 cm³/mol. The fraction of sp³-hybridized carbons (Fsp3) is 0.125. The lowest BCUT2D eigenvalue weighted by Crippen LogP contribution is -2.06. The molecule has 5 heteroatoms. The van der Waals surface area contributed by atoms with Crippen molar-refractivity contribution in [3.63, 3.8) is 0 Å². The SMILES string of the molecule is Brc1ccc(SCCNc2ncnc3ccccc23)cc1. The summed E-state index contributed by atoms with van der Waals surface area (Å²) in [6.07, 6.45) is 1.60. The van der Waals surface area contributed by atoms with Crippen LogP contribution in [0.1, 0.15) is 0 Å². The third kappa shape index (κ3) is 3.74. The second-order valence-corrected chi connectivity index (χ2v) is 6.55. The molecule has 0 unspecified atom stereocenters. The summed E-state index contributed by atoms with van der Waals surface area (Å²) in [6.45, 7) is 0.863. The van der Waals surface area contributed by atoms with Crippen molar-refractivity contribution >= 4 is 44.4 Å². The maximum absolute atomic E-state index is 4.33. The maximum Gasteiger partial charge on any atom is 0.137 e. The van der Waals surface area contributed by atoms with Gasteiger partial charge in [0.25, 0.3) is 0 Å². The molecule has 0 fully saturated rings. The van der Waals surface area contributed by atoms with Crippen molar-refractivity contribution in [3.8, 4) is 0 Å². The number of anilines is 1. The number of thioether (sulfide) groups is 1. The van der Waals surface area contributed by atoms with Gasteiger partial charge in [0.1, 0.15) is 12.1 Å². The summed E-state index contributed by atoms with van der Waals surface area (Å²) < 4.78 is 1.11. The quantitative estimate of drug-likeness (QED) is 0.533. The molecule has 1 aromatic heterocycles. The number of aromatic nitrogens is 2. The molecular weight excluding hydrogens is 346 g/mol. The molecule has 0 radical (unpaired) electrons. The van der Waals surface area contributed by atoms with E-state index in [2.05, 4.69) is 55.5 Å². The minimum absolute atomic E-state index is 0.863. The lowest BCUT2D eigenvalue weighted by Gasteiger charge is -2.08. The van der Waals surface area contributed by atoms with Crippen LogP contribution in [0, 0.1) is 0 Å². The van der Waals surface area contributed by atoms with Gasteiger partial charge in [-0.3, -0.25) is 0 Å². The van der Waals surface area contributed by atoms with Gasteiger partial charge in [0.05, 0.1) is 5.52 Å². The standard InChI is InChI=1S/C16H14BrN3S/c17-12-5-7-13(8-6-12)21-10-9-18-16-14-3-1-2-4-15(14)19-11-20-16/h1-8,11H,9-10H2,(H,18,19,20). The molecule has 1 heterocycles. The number of nitrogens with one attached hydrogen (secondary N) is 1. The number of rotatable bonds is 5. The molecule has 0 aliphatic heterocycles. The smallest absolute Gasteiger partial charge is 0.137 e. The average Bonchev–Trinajstić information content (AvgIpc) is 2.53. The van der Waals surface area contributed by atoms with Gasteiger partial charge in [-0.05, 0) is 36.4 Å². The first kappa shape index (κ1) is 14.4. The van der Waals surface area contributed by atoms with Crippen LogP contribution in [0.2, 0.25) is 0 Å². The van der Waals surface area contributed by atoms with Gasteiger partial charge in [-0.15, -0.1) is 11.8 Å². The zero-order valence-corrected chi connectivity index (χ0v) is 13.7. The molecule has 21 heavy (non-hydrogen) atoms. The highest BCUT2D eigenvalue weighted by atomic mass is 79.9. The lowest BCUT2D eigenvalue weighted by atomic mass is 10.2. The van der Waals surface area contributed by atoms with Crippen molar-refractivity contribution in [1.29, 1.82) is 0 Å². The Morgan fingerprint density at radius 3 is 2.67 bits per heavy atom. The molecule has 1 N–H and O–H groups in total. The van der Waals surface area contributed by atoms with Gasteiger partial charge in [-0.25, -0.2) is 9.97 Å². The number of hydrogen-bond acceptors (Lipinski definition) is 4. The highest BCUT2D eigenvalue weighted by Gasteiger charge is 2.02. The van der Waals surface area contributed by atoms with Crippen molar-refractivity contribution in [2.75, 3.05) is 17.6 Å². The van der Waals surface area contributed by atoms with Crippen LogP contribution >= 0.6 is 27.7 Å². The number of nitrogens with zero attached hydrogens (tertiary/aromatic N) is 2. The topological polar surface area (TPSA) is 37.8 Å². The van der Waals surface area contributed by atoms with Crippen LogP contribution in [-0.2, 0) is 0 Å². The van der Waals surface area contributed by atoms with Gasteiger partial charge in [-0.2, -0.15) is 0 Å². The maximum atomic E-state index is 4.33. The second-order valence-electron chi connectivity index (χ2n) is 4.47. The summed E-state index contributed by atoms with van der Waals surface area (Å²) in [7, 11) is 0. The second kappa shape index (κ2) is 6.91. The van der Waals surface area contributed by atoms with Crippen LogP contribution in [0.3, 0.4) is 0 Å². The lowest BCUT2D eigenvalue weighted by molar-refractivity contribution is 1.15. The van der Waals surface area contributed by atoms with Gasteiger partial charge < -0.3 is 5.32 Å². The summed E-state index contributed by atoms with van der Waals surface area (Å²) in [5.74, 6) is 1.89. The predicted octanol–water partition coefficient (Wildman–Crippen LogP) is 4.60.